The Hall–Kier alpha value is -3.06. The molecule has 1 aromatic carbocycles. The molecule has 0 aliphatic heterocycles. The average Bonchev–Trinajstić information content (AvgIpc) is 3.22. The van der Waals surface area contributed by atoms with Crippen molar-refractivity contribution in [2.24, 2.45) is 0 Å². The van der Waals surface area contributed by atoms with Crippen molar-refractivity contribution >= 4 is 30.0 Å². The largest absolute Gasteiger partial charge is 0.493 e. The van der Waals surface area contributed by atoms with E-state index >= 15 is 0 Å². The number of benzene rings is 1. The number of hydrogen-bond donors (Lipinski definition) is 1. The molecule has 0 amide bonds. The van der Waals surface area contributed by atoms with E-state index < -0.39 is 11.6 Å². The van der Waals surface area contributed by atoms with Gasteiger partial charge in [-0.05, 0) is 35.2 Å². The second-order valence-corrected chi connectivity index (χ2v) is 5.75. The number of carbonyl (C=O) groups is 1. The van der Waals surface area contributed by atoms with Gasteiger partial charge in [-0.1, -0.05) is 18.7 Å². The van der Waals surface area contributed by atoms with Crippen molar-refractivity contribution in [3.8, 4) is 11.5 Å². The summed E-state index contributed by atoms with van der Waals surface area (Å²) in [6.45, 7) is 3.69. The summed E-state index contributed by atoms with van der Waals surface area (Å²) in [5.41, 5.74) is 0.173. The number of aromatic nitrogens is 1. The molecule has 3 rings (SSSR count). The second kappa shape index (κ2) is 6.59. The molecule has 0 unspecified atom stereocenters. The summed E-state index contributed by atoms with van der Waals surface area (Å²) < 4.78 is 15.3. The number of esters is 1. The second-order valence-electron chi connectivity index (χ2n) is 4.81. The average molecular weight is 343 g/mol. The van der Waals surface area contributed by atoms with Gasteiger partial charge in [0.2, 0.25) is 0 Å². The summed E-state index contributed by atoms with van der Waals surface area (Å²) in [7, 11) is 1.47. The zero-order chi connectivity index (χ0) is 17.1. The van der Waals surface area contributed by atoms with Crippen LogP contribution in [-0.4, -0.2) is 18.2 Å². The van der Waals surface area contributed by atoms with Crippen molar-refractivity contribution in [2.75, 3.05) is 7.11 Å². The lowest BCUT2D eigenvalue weighted by atomic mass is 10.1. The van der Waals surface area contributed by atoms with Crippen LogP contribution in [0.15, 0.2) is 45.0 Å². The van der Waals surface area contributed by atoms with E-state index in [9.17, 15) is 9.59 Å². The highest BCUT2D eigenvalue weighted by Crippen LogP contribution is 2.29. The van der Waals surface area contributed by atoms with E-state index in [-0.39, 0.29) is 0 Å². The third-order valence-corrected chi connectivity index (χ3v) is 4.09. The molecule has 1 N–H and O–H groups in total. The molecular formula is C17H13NO5S. The van der Waals surface area contributed by atoms with E-state index in [1.807, 2.05) is 0 Å². The van der Waals surface area contributed by atoms with Gasteiger partial charge in [-0.2, -0.15) is 0 Å². The monoisotopic (exact) mass is 343 g/mol. The molecule has 7 heteroatoms. The standard InChI is InChI=1S/C17H13NO5S/c1-10-12(16(19)23-18-10)8-11-5-6-13(14(9-11)21-2)22-17(20)15-4-3-7-24-15/h3-9,18H,1H2,2H3/b12-8-. The van der Waals surface area contributed by atoms with Crippen LogP contribution in [0.25, 0.3) is 12.7 Å². The third-order valence-electron chi connectivity index (χ3n) is 3.24. The first-order valence-electron chi connectivity index (χ1n) is 6.90. The molecule has 0 aliphatic carbocycles. The van der Waals surface area contributed by atoms with Crippen LogP contribution in [0.2, 0.25) is 0 Å². The molecule has 0 fully saturated rings. The lowest BCUT2D eigenvalue weighted by Crippen LogP contribution is -2.31. The molecule has 2 aromatic heterocycles. The molecule has 0 atom stereocenters. The highest BCUT2D eigenvalue weighted by atomic mass is 32.1. The minimum atomic E-state index is -0.507. The Bertz CT molecular complexity index is 999. The first-order valence-corrected chi connectivity index (χ1v) is 7.78. The van der Waals surface area contributed by atoms with E-state index in [4.69, 9.17) is 9.47 Å². The number of hydrogen-bond acceptors (Lipinski definition) is 6. The number of ether oxygens (including phenoxy) is 2. The van der Waals surface area contributed by atoms with Gasteiger partial charge in [-0.25, -0.2) is 14.7 Å². The summed E-state index contributed by atoms with van der Waals surface area (Å²) in [6, 6.07) is 8.42. The maximum atomic E-state index is 12.0. The number of thiophene rings is 1. The lowest BCUT2D eigenvalue weighted by molar-refractivity contribution is 0.0735. The van der Waals surface area contributed by atoms with E-state index in [0.29, 0.717) is 32.5 Å². The van der Waals surface area contributed by atoms with Crippen molar-refractivity contribution in [1.82, 2.24) is 5.16 Å². The maximum Gasteiger partial charge on any atom is 0.365 e. The van der Waals surface area contributed by atoms with Gasteiger partial charge in [0.25, 0.3) is 0 Å². The van der Waals surface area contributed by atoms with Crippen LogP contribution >= 0.6 is 11.3 Å². The molecule has 0 saturated heterocycles. The number of methoxy groups -OCH3 is 1. The third kappa shape index (κ3) is 3.16. The zero-order valence-corrected chi connectivity index (χ0v) is 13.5. The molecule has 3 aromatic rings. The molecule has 0 spiro atoms. The highest BCUT2D eigenvalue weighted by molar-refractivity contribution is 7.12. The Labute approximate surface area is 140 Å². The summed E-state index contributed by atoms with van der Waals surface area (Å²) in [5, 5.41) is 4.91. The molecule has 24 heavy (non-hydrogen) atoms. The first kappa shape index (κ1) is 15.8. The van der Waals surface area contributed by atoms with Gasteiger partial charge < -0.3 is 14.0 Å². The number of rotatable bonds is 4. The fourth-order valence-electron chi connectivity index (χ4n) is 2.06. The number of carbonyl (C=O) groups excluding carboxylic acids is 1. The van der Waals surface area contributed by atoms with Crippen LogP contribution in [0.5, 0.6) is 11.5 Å². The lowest BCUT2D eigenvalue weighted by Gasteiger charge is -2.09. The predicted octanol–water partition coefficient (Wildman–Crippen LogP) is 1.50. The van der Waals surface area contributed by atoms with Crippen LogP contribution < -0.4 is 25.7 Å². The van der Waals surface area contributed by atoms with Gasteiger partial charge in [0, 0.05) is 0 Å². The van der Waals surface area contributed by atoms with Gasteiger partial charge in [-0.15, -0.1) is 11.3 Å². The minimum absolute atomic E-state index is 0.295. The fourth-order valence-corrected chi connectivity index (χ4v) is 2.66. The molecule has 0 saturated carbocycles. The molecule has 122 valence electrons. The van der Waals surface area contributed by atoms with E-state index in [0.717, 1.165) is 0 Å². The quantitative estimate of drug-likeness (QED) is 0.573. The molecule has 0 bridgehead atoms. The topological polar surface area (TPSA) is 81.5 Å². The minimum Gasteiger partial charge on any atom is -0.493 e. The Morgan fingerprint density at radius 3 is 2.79 bits per heavy atom. The van der Waals surface area contributed by atoms with Crippen LogP contribution in [0.1, 0.15) is 15.2 Å². The molecule has 0 aliphatic rings. The number of aromatic amines is 1. The van der Waals surface area contributed by atoms with Crippen molar-refractivity contribution in [2.45, 2.75) is 0 Å². The van der Waals surface area contributed by atoms with Crippen molar-refractivity contribution in [3.63, 3.8) is 0 Å². The first-order chi connectivity index (χ1) is 11.6. The smallest absolute Gasteiger partial charge is 0.365 e. The molecule has 6 nitrogen and oxygen atoms in total. The number of nitrogens with one attached hydrogen (secondary N) is 1. The van der Waals surface area contributed by atoms with Crippen molar-refractivity contribution < 1.29 is 18.8 Å². The summed E-state index contributed by atoms with van der Waals surface area (Å²) >= 11 is 1.30. The van der Waals surface area contributed by atoms with Crippen LogP contribution in [0.4, 0.5) is 0 Å². The normalized spacial score (nSPS) is 11.5. The Balaban J connectivity index is 1.94. The predicted molar refractivity (Wildman–Crippen MR) is 89.9 cm³/mol. The van der Waals surface area contributed by atoms with Crippen LogP contribution in [0, 0.1) is 0 Å². The van der Waals surface area contributed by atoms with Crippen molar-refractivity contribution in [1.29, 1.82) is 0 Å². The van der Waals surface area contributed by atoms with Crippen molar-refractivity contribution in [3.05, 3.63) is 67.1 Å². The molecule has 2 heterocycles. The van der Waals surface area contributed by atoms with Gasteiger partial charge in [0.05, 0.1) is 17.7 Å². The van der Waals surface area contributed by atoms with Gasteiger partial charge >= 0.3 is 11.6 Å². The summed E-state index contributed by atoms with van der Waals surface area (Å²) in [6.07, 6.45) is 1.61. The Kier molecular flexibility index (Phi) is 4.35. The Morgan fingerprint density at radius 1 is 1.33 bits per heavy atom. The van der Waals surface area contributed by atoms with Crippen LogP contribution in [0.3, 0.4) is 0 Å². The summed E-state index contributed by atoms with van der Waals surface area (Å²) in [4.78, 5) is 24.1. The van der Waals surface area contributed by atoms with E-state index in [1.54, 1.807) is 41.8 Å². The SMILES string of the molecule is C=c1[nH]oc(=O)/c1=C\c1ccc(OC(=O)c2cccs2)c(OC)c1. The molecular weight excluding hydrogens is 330 g/mol. The van der Waals surface area contributed by atoms with Gasteiger partial charge in [0.1, 0.15) is 4.88 Å². The van der Waals surface area contributed by atoms with Crippen LogP contribution in [-0.2, 0) is 0 Å². The van der Waals surface area contributed by atoms with E-state index in [2.05, 4.69) is 16.3 Å². The molecule has 0 radical (unpaired) electrons. The summed E-state index contributed by atoms with van der Waals surface area (Å²) in [5.74, 6) is 0.217. The fraction of sp³-hybridized carbons (Fsp3) is 0.0588. The van der Waals surface area contributed by atoms with Gasteiger partial charge in [0.15, 0.2) is 11.5 Å². The van der Waals surface area contributed by atoms with E-state index in [1.165, 1.54) is 18.4 Å². The zero-order valence-electron chi connectivity index (χ0n) is 12.7. The van der Waals surface area contributed by atoms with Gasteiger partial charge in [-0.3, -0.25) is 0 Å². The highest BCUT2D eigenvalue weighted by Gasteiger charge is 2.13. The Morgan fingerprint density at radius 2 is 2.17 bits per heavy atom. The maximum absolute atomic E-state index is 12.0. The number of H-pyrrole nitrogens is 1.